The van der Waals surface area contributed by atoms with Gasteiger partial charge in [0.2, 0.25) is 0 Å². The van der Waals surface area contributed by atoms with E-state index in [1.807, 2.05) is 67.5 Å². The van der Waals surface area contributed by atoms with Crippen LogP contribution in [0.15, 0.2) is 84.4 Å². The maximum Gasteiger partial charge on any atom is 0.295 e. The Morgan fingerprint density at radius 1 is 0.914 bits per heavy atom. The predicted octanol–water partition coefficient (Wildman–Crippen LogP) is 4.47. The average Bonchev–Trinajstić information content (AvgIpc) is 3.12. The third-order valence-electron chi connectivity index (χ3n) is 5.82. The van der Waals surface area contributed by atoms with Gasteiger partial charge in [0, 0.05) is 18.7 Å². The lowest BCUT2D eigenvalue weighted by Gasteiger charge is -2.27. The summed E-state index contributed by atoms with van der Waals surface area (Å²) < 4.78 is 11.3. The van der Waals surface area contributed by atoms with Gasteiger partial charge in [-0.25, -0.2) is 0 Å². The van der Waals surface area contributed by atoms with E-state index >= 15 is 0 Å². The fourth-order valence-electron chi connectivity index (χ4n) is 4.06. The number of amides is 1. The van der Waals surface area contributed by atoms with Gasteiger partial charge in [0.25, 0.3) is 11.7 Å². The van der Waals surface area contributed by atoms with Crippen LogP contribution >= 0.6 is 0 Å². The molecule has 1 N–H and O–H groups in total. The normalized spacial score (nSPS) is 17.1. The third kappa shape index (κ3) is 5.20. The minimum absolute atomic E-state index is 0.0406. The highest BCUT2D eigenvalue weighted by Gasteiger charge is 2.46. The van der Waals surface area contributed by atoms with Crippen molar-refractivity contribution >= 4 is 17.4 Å². The van der Waals surface area contributed by atoms with E-state index in [0.717, 1.165) is 0 Å². The number of aliphatic hydroxyl groups is 1. The summed E-state index contributed by atoms with van der Waals surface area (Å²) in [5, 5.41) is 11.2. The molecule has 3 aromatic rings. The maximum atomic E-state index is 13.2. The van der Waals surface area contributed by atoms with Gasteiger partial charge >= 0.3 is 0 Å². The van der Waals surface area contributed by atoms with Crippen molar-refractivity contribution in [2.45, 2.75) is 6.04 Å². The molecule has 0 radical (unpaired) electrons. The summed E-state index contributed by atoms with van der Waals surface area (Å²) in [6.45, 7) is 0.879. The average molecular weight is 473 g/mol. The van der Waals surface area contributed by atoms with Gasteiger partial charge in [0.05, 0.1) is 18.7 Å². The van der Waals surface area contributed by atoms with E-state index in [0.29, 0.717) is 41.5 Å². The number of carbonyl (C=O) groups is 2. The monoisotopic (exact) mass is 472 g/mol. The molecule has 0 saturated carbocycles. The molecule has 180 valence electrons. The van der Waals surface area contributed by atoms with Gasteiger partial charge in [0.1, 0.15) is 23.0 Å². The Kier molecular flexibility index (Phi) is 7.17. The van der Waals surface area contributed by atoms with E-state index in [1.165, 1.54) is 12.0 Å². The molecule has 1 heterocycles. The molecule has 0 spiro atoms. The van der Waals surface area contributed by atoms with Crippen LogP contribution in [0.5, 0.6) is 17.2 Å². The highest BCUT2D eigenvalue weighted by molar-refractivity contribution is 6.46. The standard InChI is InChI=1S/C28H28N2O5/c1-29(2)15-16-30-25(19-9-7-14-23(17-19)35-21-11-5-4-6-12-21)24(27(32)28(30)33)26(31)20-10-8-13-22(18-20)34-3/h4-14,17-18,25,31H,15-16H2,1-3H3. The van der Waals surface area contributed by atoms with Crippen molar-refractivity contribution < 1.29 is 24.2 Å². The summed E-state index contributed by atoms with van der Waals surface area (Å²) >= 11 is 0. The molecule has 1 saturated heterocycles. The van der Waals surface area contributed by atoms with Gasteiger partial charge in [-0.05, 0) is 56.1 Å². The van der Waals surface area contributed by atoms with E-state index in [2.05, 4.69) is 0 Å². The van der Waals surface area contributed by atoms with E-state index in [9.17, 15) is 14.7 Å². The number of nitrogens with zero attached hydrogens (tertiary/aromatic N) is 2. The summed E-state index contributed by atoms with van der Waals surface area (Å²) in [4.78, 5) is 29.8. The molecule has 1 aliphatic rings. The first-order chi connectivity index (χ1) is 16.9. The number of methoxy groups -OCH3 is 1. The number of Topliss-reactive ketones (excluding diaryl/α,β-unsaturated/α-hetero) is 1. The van der Waals surface area contributed by atoms with Gasteiger partial charge < -0.3 is 24.4 Å². The van der Waals surface area contributed by atoms with Crippen LogP contribution in [-0.4, -0.2) is 60.9 Å². The van der Waals surface area contributed by atoms with E-state index in [1.54, 1.807) is 30.3 Å². The lowest BCUT2D eigenvalue weighted by atomic mass is 9.95. The van der Waals surface area contributed by atoms with Gasteiger partial charge in [0.15, 0.2) is 0 Å². The maximum absolute atomic E-state index is 13.2. The molecule has 0 aliphatic carbocycles. The second kappa shape index (κ2) is 10.4. The molecule has 35 heavy (non-hydrogen) atoms. The largest absolute Gasteiger partial charge is 0.507 e. The van der Waals surface area contributed by atoms with Gasteiger partial charge in [-0.2, -0.15) is 0 Å². The van der Waals surface area contributed by atoms with Crippen LogP contribution in [0.25, 0.3) is 5.76 Å². The zero-order valence-electron chi connectivity index (χ0n) is 20.0. The fraction of sp³-hybridized carbons (Fsp3) is 0.214. The zero-order chi connectivity index (χ0) is 24.9. The number of ketones is 1. The topological polar surface area (TPSA) is 79.3 Å². The number of likely N-dealkylation sites (tertiary alicyclic amines) is 1. The van der Waals surface area contributed by atoms with Gasteiger partial charge in [-0.15, -0.1) is 0 Å². The molecule has 1 aliphatic heterocycles. The van der Waals surface area contributed by atoms with Crippen molar-refractivity contribution in [3.05, 3.63) is 95.6 Å². The van der Waals surface area contributed by atoms with Crippen LogP contribution in [0.1, 0.15) is 17.2 Å². The Hall–Kier alpha value is -4.10. The fourth-order valence-corrected chi connectivity index (χ4v) is 4.06. The number of likely N-dealkylation sites (N-methyl/N-ethyl adjacent to an activating group) is 1. The summed E-state index contributed by atoms with van der Waals surface area (Å²) in [7, 11) is 5.32. The minimum atomic E-state index is -0.763. The molecule has 7 heteroatoms. The summed E-state index contributed by atoms with van der Waals surface area (Å²) in [5.74, 6) is 0.162. The van der Waals surface area contributed by atoms with E-state index < -0.39 is 17.7 Å². The number of carbonyl (C=O) groups excluding carboxylic acids is 2. The van der Waals surface area contributed by atoms with Crippen LogP contribution in [0.4, 0.5) is 0 Å². The number of para-hydroxylation sites is 1. The Labute approximate surface area is 204 Å². The number of ether oxygens (including phenoxy) is 2. The number of hydrogen-bond acceptors (Lipinski definition) is 6. The minimum Gasteiger partial charge on any atom is -0.507 e. The molecule has 1 unspecified atom stereocenters. The second-order valence-corrected chi connectivity index (χ2v) is 8.52. The Bertz CT molecular complexity index is 1250. The van der Waals surface area contributed by atoms with Crippen LogP contribution in [0.3, 0.4) is 0 Å². The molecule has 3 aromatic carbocycles. The number of aliphatic hydroxyl groups excluding tert-OH is 1. The molecule has 0 aromatic heterocycles. The Morgan fingerprint density at radius 3 is 2.31 bits per heavy atom. The molecule has 4 rings (SSSR count). The van der Waals surface area contributed by atoms with Gasteiger partial charge in [-0.1, -0.05) is 42.5 Å². The Balaban J connectivity index is 1.80. The van der Waals surface area contributed by atoms with Crippen LogP contribution in [-0.2, 0) is 9.59 Å². The highest BCUT2D eigenvalue weighted by Crippen LogP contribution is 2.40. The molecule has 1 amide bonds. The molecule has 0 bridgehead atoms. The first kappa shape index (κ1) is 24.0. The number of hydrogen-bond donors (Lipinski definition) is 1. The van der Waals surface area contributed by atoms with E-state index in [4.69, 9.17) is 9.47 Å². The van der Waals surface area contributed by atoms with Gasteiger partial charge in [-0.3, -0.25) is 9.59 Å². The zero-order valence-corrected chi connectivity index (χ0v) is 20.0. The van der Waals surface area contributed by atoms with Crippen LogP contribution in [0.2, 0.25) is 0 Å². The van der Waals surface area contributed by atoms with Crippen molar-refractivity contribution in [3.8, 4) is 17.2 Å². The first-order valence-electron chi connectivity index (χ1n) is 11.3. The molecule has 7 nitrogen and oxygen atoms in total. The molecular formula is C28H28N2O5. The summed E-state index contributed by atoms with van der Waals surface area (Å²) in [5.41, 5.74) is 1.11. The molecule has 1 atom stereocenters. The quantitative estimate of drug-likeness (QED) is 0.296. The van der Waals surface area contributed by atoms with Crippen molar-refractivity contribution in [2.75, 3.05) is 34.3 Å². The molecule has 1 fully saturated rings. The van der Waals surface area contributed by atoms with E-state index in [-0.39, 0.29) is 11.3 Å². The summed E-state index contributed by atoms with van der Waals surface area (Å²) in [6, 6.07) is 22.6. The summed E-state index contributed by atoms with van der Waals surface area (Å²) in [6.07, 6.45) is 0. The molecular weight excluding hydrogens is 444 g/mol. The Morgan fingerprint density at radius 2 is 1.60 bits per heavy atom. The SMILES string of the molecule is COc1cccc(C(O)=C2C(=O)C(=O)N(CCN(C)C)C2c2cccc(Oc3ccccc3)c2)c1. The lowest BCUT2D eigenvalue weighted by molar-refractivity contribution is -0.140. The number of rotatable bonds is 8. The van der Waals surface area contributed by atoms with Crippen molar-refractivity contribution in [3.63, 3.8) is 0 Å². The third-order valence-corrected chi connectivity index (χ3v) is 5.82. The van der Waals surface area contributed by atoms with Crippen LogP contribution in [0, 0.1) is 0 Å². The smallest absolute Gasteiger partial charge is 0.295 e. The predicted molar refractivity (Wildman–Crippen MR) is 134 cm³/mol. The van der Waals surface area contributed by atoms with Crippen LogP contribution < -0.4 is 9.47 Å². The van der Waals surface area contributed by atoms with Crippen molar-refractivity contribution in [2.24, 2.45) is 0 Å². The van der Waals surface area contributed by atoms with Crippen molar-refractivity contribution in [1.82, 2.24) is 9.80 Å². The highest BCUT2D eigenvalue weighted by atomic mass is 16.5. The number of benzene rings is 3. The van der Waals surface area contributed by atoms with Crippen molar-refractivity contribution in [1.29, 1.82) is 0 Å². The second-order valence-electron chi connectivity index (χ2n) is 8.52. The lowest BCUT2D eigenvalue weighted by Crippen LogP contribution is -2.35. The first-order valence-corrected chi connectivity index (χ1v) is 11.3.